The number of nitrogen functional groups attached to an aromatic ring is 1. The van der Waals surface area contributed by atoms with Gasteiger partial charge in [0.05, 0.1) is 0 Å². The number of rotatable bonds is 2. The number of ether oxygens (including phenoxy) is 1. The number of hydrogen-bond donors (Lipinski definition) is 2. The van der Waals surface area contributed by atoms with Crippen LogP contribution in [0.4, 0.5) is 10.5 Å². The van der Waals surface area contributed by atoms with Crippen molar-refractivity contribution in [1.29, 1.82) is 0 Å². The predicted molar refractivity (Wildman–Crippen MR) is 81.3 cm³/mol. The lowest BCUT2D eigenvalue weighted by molar-refractivity contribution is 0.0529. The zero-order valence-corrected chi connectivity index (χ0v) is 12.5. The van der Waals surface area contributed by atoms with Crippen molar-refractivity contribution in [3.63, 3.8) is 0 Å². The number of carbonyl (C=O) groups excluding carboxylic acids is 1. The first-order chi connectivity index (χ1) is 9.28. The maximum Gasteiger partial charge on any atom is 0.407 e. The molecule has 0 aliphatic heterocycles. The number of hydrogen-bond acceptors (Lipinski definition) is 3. The molecule has 0 radical (unpaired) electrons. The molecule has 0 unspecified atom stereocenters. The van der Waals surface area contributed by atoms with E-state index in [0.29, 0.717) is 18.7 Å². The van der Waals surface area contributed by atoms with Crippen LogP contribution in [0.15, 0.2) is 18.2 Å². The zero-order valence-electron chi connectivity index (χ0n) is 12.5. The Bertz CT molecular complexity index is 534. The van der Waals surface area contributed by atoms with Gasteiger partial charge in [-0.2, -0.15) is 0 Å². The first kappa shape index (κ1) is 15.9. The molecule has 4 nitrogen and oxygen atoms in total. The third kappa shape index (κ3) is 6.14. The molecule has 0 aromatic heterocycles. The first-order valence-corrected chi connectivity index (χ1v) is 6.60. The van der Waals surface area contributed by atoms with Crippen LogP contribution in [-0.4, -0.2) is 18.2 Å². The highest BCUT2D eigenvalue weighted by Gasteiger charge is 2.15. The van der Waals surface area contributed by atoms with Crippen molar-refractivity contribution in [2.24, 2.45) is 0 Å². The average molecular weight is 274 g/mol. The van der Waals surface area contributed by atoms with Crippen molar-refractivity contribution >= 4 is 11.8 Å². The van der Waals surface area contributed by atoms with Gasteiger partial charge in [-0.15, -0.1) is 0 Å². The van der Waals surface area contributed by atoms with E-state index >= 15 is 0 Å². The van der Waals surface area contributed by atoms with Gasteiger partial charge in [-0.05, 0) is 45.4 Å². The molecule has 1 amide bonds. The van der Waals surface area contributed by atoms with Gasteiger partial charge in [-0.25, -0.2) is 4.79 Å². The third-order valence-corrected chi connectivity index (χ3v) is 2.40. The van der Waals surface area contributed by atoms with E-state index in [1.165, 1.54) is 0 Å². The summed E-state index contributed by atoms with van der Waals surface area (Å²) in [4.78, 5) is 11.4. The topological polar surface area (TPSA) is 64.3 Å². The SMILES string of the molecule is Cc1ccc(N)cc1C#CCCNC(=O)OC(C)(C)C. The molecule has 1 aromatic rings. The fourth-order valence-corrected chi connectivity index (χ4v) is 1.47. The number of aryl methyl sites for hydroxylation is 1. The smallest absolute Gasteiger partial charge is 0.407 e. The molecular formula is C16H22N2O2. The van der Waals surface area contributed by atoms with Crippen LogP contribution in [0.25, 0.3) is 0 Å². The Hall–Kier alpha value is -2.15. The van der Waals surface area contributed by atoms with E-state index in [0.717, 1.165) is 11.1 Å². The van der Waals surface area contributed by atoms with Gasteiger partial charge in [-0.3, -0.25) is 0 Å². The van der Waals surface area contributed by atoms with E-state index in [1.54, 1.807) is 0 Å². The van der Waals surface area contributed by atoms with Crippen molar-refractivity contribution in [2.75, 3.05) is 12.3 Å². The van der Waals surface area contributed by atoms with Crippen LogP contribution in [-0.2, 0) is 4.74 Å². The number of benzene rings is 1. The first-order valence-electron chi connectivity index (χ1n) is 6.60. The van der Waals surface area contributed by atoms with E-state index in [-0.39, 0.29) is 0 Å². The van der Waals surface area contributed by atoms with Crippen LogP contribution < -0.4 is 11.1 Å². The molecular weight excluding hydrogens is 252 g/mol. The molecule has 0 spiro atoms. The number of anilines is 1. The van der Waals surface area contributed by atoms with Gasteiger partial charge in [0.25, 0.3) is 0 Å². The highest BCUT2D eigenvalue weighted by atomic mass is 16.6. The molecule has 0 atom stereocenters. The maximum atomic E-state index is 11.4. The molecule has 0 fully saturated rings. The Labute approximate surface area is 120 Å². The van der Waals surface area contributed by atoms with Crippen molar-refractivity contribution in [2.45, 2.75) is 39.7 Å². The van der Waals surface area contributed by atoms with E-state index in [9.17, 15) is 4.79 Å². The van der Waals surface area contributed by atoms with Gasteiger partial charge < -0.3 is 15.8 Å². The Kier molecular flexibility index (Phi) is 5.45. The van der Waals surface area contributed by atoms with Crippen LogP contribution in [0, 0.1) is 18.8 Å². The van der Waals surface area contributed by atoms with E-state index in [4.69, 9.17) is 10.5 Å². The predicted octanol–water partition coefficient (Wildman–Crippen LogP) is 2.84. The van der Waals surface area contributed by atoms with Crippen LogP contribution >= 0.6 is 0 Å². The number of amides is 1. The van der Waals surface area contributed by atoms with Crippen molar-refractivity contribution in [1.82, 2.24) is 5.32 Å². The molecule has 20 heavy (non-hydrogen) atoms. The molecule has 4 heteroatoms. The van der Waals surface area contributed by atoms with Crippen molar-refractivity contribution in [3.8, 4) is 11.8 Å². The fourth-order valence-electron chi connectivity index (χ4n) is 1.47. The summed E-state index contributed by atoms with van der Waals surface area (Å²) in [6.07, 6.45) is 0.146. The molecule has 0 aliphatic rings. The van der Waals surface area contributed by atoms with Gasteiger partial charge in [0.2, 0.25) is 0 Å². The molecule has 0 heterocycles. The Morgan fingerprint density at radius 1 is 1.40 bits per heavy atom. The summed E-state index contributed by atoms with van der Waals surface area (Å²) in [5.41, 5.74) is 7.95. The Morgan fingerprint density at radius 2 is 2.10 bits per heavy atom. The van der Waals surface area contributed by atoms with Crippen LogP contribution in [0.1, 0.15) is 38.3 Å². The van der Waals surface area contributed by atoms with Crippen molar-refractivity contribution in [3.05, 3.63) is 29.3 Å². The lowest BCUT2D eigenvalue weighted by Crippen LogP contribution is -2.32. The Balaban J connectivity index is 2.40. The molecule has 108 valence electrons. The molecule has 0 bridgehead atoms. The van der Waals surface area contributed by atoms with Gasteiger partial charge in [-0.1, -0.05) is 17.9 Å². The summed E-state index contributed by atoms with van der Waals surface area (Å²) in [6.45, 7) is 7.94. The zero-order chi connectivity index (χ0) is 15.2. The second kappa shape index (κ2) is 6.85. The van der Waals surface area contributed by atoms with Crippen LogP contribution in [0.3, 0.4) is 0 Å². The summed E-state index contributed by atoms with van der Waals surface area (Å²) >= 11 is 0. The monoisotopic (exact) mass is 274 g/mol. The third-order valence-electron chi connectivity index (χ3n) is 2.40. The average Bonchev–Trinajstić information content (AvgIpc) is 2.30. The minimum Gasteiger partial charge on any atom is -0.444 e. The molecule has 0 saturated heterocycles. The summed E-state index contributed by atoms with van der Waals surface area (Å²) < 4.78 is 5.12. The van der Waals surface area contributed by atoms with Gasteiger partial charge in [0.1, 0.15) is 5.60 Å². The van der Waals surface area contributed by atoms with Crippen LogP contribution in [0.2, 0.25) is 0 Å². The second-order valence-electron chi connectivity index (χ2n) is 5.55. The summed E-state index contributed by atoms with van der Waals surface area (Å²) in [7, 11) is 0. The normalized spacial score (nSPS) is 10.4. The maximum absolute atomic E-state index is 11.4. The van der Waals surface area contributed by atoms with Crippen LogP contribution in [0.5, 0.6) is 0 Å². The molecule has 3 N–H and O–H groups in total. The lowest BCUT2D eigenvalue weighted by Gasteiger charge is -2.19. The van der Waals surface area contributed by atoms with Gasteiger partial charge in [0, 0.05) is 24.2 Å². The largest absolute Gasteiger partial charge is 0.444 e. The molecule has 0 aliphatic carbocycles. The summed E-state index contributed by atoms with van der Waals surface area (Å²) in [6, 6.07) is 5.65. The lowest BCUT2D eigenvalue weighted by atomic mass is 10.1. The van der Waals surface area contributed by atoms with Crippen molar-refractivity contribution < 1.29 is 9.53 Å². The quantitative estimate of drug-likeness (QED) is 0.495. The second-order valence-corrected chi connectivity index (χ2v) is 5.55. The van der Waals surface area contributed by atoms with E-state index in [1.807, 2.05) is 45.9 Å². The minimum absolute atomic E-state index is 0.417. The van der Waals surface area contributed by atoms with Gasteiger partial charge in [0.15, 0.2) is 0 Å². The highest BCUT2D eigenvalue weighted by molar-refractivity contribution is 5.67. The van der Waals surface area contributed by atoms with E-state index in [2.05, 4.69) is 17.2 Å². The summed E-state index contributed by atoms with van der Waals surface area (Å²) in [5.74, 6) is 6.07. The molecule has 1 rings (SSSR count). The number of alkyl carbamates (subject to hydrolysis) is 1. The number of carbonyl (C=O) groups is 1. The summed E-state index contributed by atoms with van der Waals surface area (Å²) in [5, 5.41) is 2.66. The van der Waals surface area contributed by atoms with Gasteiger partial charge >= 0.3 is 6.09 Å². The minimum atomic E-state index is -0.478. The molecule has 0 saturated carbocycles. The molecule has 1 aromatic carbocycles. The Morgan fingerprint density at radius 3 is 2.75 bits per heavy atom. The number of nitrogens with two attached hydrogens (primary N) is 1. The standard InChI is InChI=1S/C16H22N2O2/c1-12-8-9-14(17)11-13(12)7-5-6-10-18-15(19)20-16(2,3)4/h8-9,11H,6,10,17H2,1-4H3,(H,18,19). The van der Waals surface area contributed by atoms with E-state index < -0.39 is 11.7 Å². The highest BCUT2D eigenvalue weighted by Crippen LogP contribution is 2.11. The number of nitrogens with one attached hydrogen (secondary N) is 1. The fraction of sp³-hybridized carbons (Fsp3) is 0.438.